The van der Waals surface area contributed by atoms with Crippen molar-refractivity contribution >= 4 is 17.3 Å². The van der Waals surface area contributed by atoms with Gasteiger partial charge in [0.25, 0.3) is 0 Å². The standard InChI is InChI=1S/C14H20ClNO2/c1-14(2)6-7-16(9-13(14)17)11-8-10(15)4-5-12(11)18-3/h4-5,8,13,17H,6-7,9H2,1-3H3. The molecule has 1 fully saturated rings. The molecule has 18 heavy (non-hydrogen) atoms. The summed E-state index contributed by atoms with van der Waals surface area (Å²) in [4.78, 5) is 2.14. The van der Waals surface area contributed by atoms with Crippen LogP contribution in [0.3, 0.4) is 0 Å². The minimum absolute atomic E-state index is 0.0255. The predicted molar refractivity (Wildman–Crippen MR) is 74.6 cm³/mol. The van der Waals surface area contributed by atoms with Crippen LogP contribution in [0.25, 0.3) is 0 Å². The molecule has 1 atom stereocenters. The van der Waals surface area contributed by atoms with Gasteiger partial charge in [0.2, 0.25) is 0 Å². The number of anilines is 1. The van der Waals surface area contributed by atoms with E-state index in [1.807, 2.05) is 18.2 Å². The average molecular weight is 270 g/mol. The van der Waals surface area contributed by atoms with Crippen LogP contribution in [0.1, 0.15) is 20.3 Å². The molecule has 1 N–H and O–H groups in total. The molecule has 1 aliphatic rings. The third-order valence-electron chi connectivity index (χ3n) is 3.80. The number of ether oxygens (including phenoxy) is 1. The first-order valence-corrected chi connectivity index (χ1v) is 6.58. The zero-order chi connectivity index (χ0) is 13.3. The van der Waals surface area contributed by atoms with Crippen molar-refractivity contribution in [1.29, 1.82) is 0 Å². The van der Waals surface area contributed by atoms with Crippen molar-refractivity contribution in [3.05, 3.63) is 23.2 Å². The number of piperidine rings is 1. The van der Waals surface area contributed by atoms with Crippen molar-refractivity contribution in [2.24, 2.45) is 5.41 Å². The number of hydrogen-bond donors (Lipinski definition) is 1. The Kier molecular flexibility index (Phi) is 3.74. The first-order valence-electron chi connectivity index (χ1n) is 6.20. The van der Waals surface area contributed by atoms with E-state index >= 15 is 0 Å². The fourth-order valence-corrected chi connectivity index (χ4v) is 2.43. The lowest BCUT2D eigenvalue weighted by atomic mass is 9.80. The van der Waals surface area contributed by atoms with Gasteiger partial charge in [-0.15, -0.1) is 0 Å². The van der Waals surface area contributed by atoms with Gasteiger partial charge in [0.1, 0.15) is 5.75 Å². The van der Waals surface area contributed by atoms with Gasteiger partial charge >= 0.3 is 0 Å². The summed E-state index contributed by atoms with van der Waals surface area (Å²) in [5, 5.41) is 10.9. The SMILES string of the molecule is COc1ccc(Cl)cc1N1CCC(C)(C)C(O)C1. The molecule has 0 spiro atoms. The summed E-state index contributed by atoms with van der Waals surface area (Å²) in [6.07, 6.45) is 0.610. The van der Waals surface area contributed by atoms with Gasteiger partial charge in [0, 0.05) is 18.1 Å². The minimum atomic E-state index is -0.338. The summed E-state index contributed by atoms with van der Waals surface area (Å²) in [5.41, 5.74) is 0.932. The number of methoxy groups -OCH3 is 1. The van der Waals surface area contributed by atoms with Gasteiger partial charge in [-0.25, -0.2) is 0 Å². The van der Waals surface area contributed by atoms with Crippen LogP contribution in [0.15, 0.2) is 18.2 Å². The number of halogens is 1. The van der Waals surface area contributed by atoms with Crippen LogP contribution in [0, 0.1) is 5.41 Å². The number of benzene rings is 1. The van der Waals surface area contributed by atoms with E-state index in [4.69, 9.17) is 16.3 Å². The molecular weight excluding hydrogens is 250 g/mol. The molecule has 0 aromatic heterocycles. The molecular formula is C14H20ClNO2. The molecule has 1 aliphatic heterocycles. The highest BCUT2D eigenvalue weighted by atomic mass is 35.5. The highest BCUT2D eigenvalue weighted by molar-refractivity contribution is 6.30. The Hall–Kier alpha value is -0.930. The predicted octanol–water partition coefficient (Wildman–Crippen LogP) is 2.95. The number of aliphatic hydroxyl groups is 1. The van der Waals surface area contributed by atoms with E-state index in [9.17, 15) is 5.11 Å². The first kappa shape index (κ1) is 13.5. The average Bonchev–Trinajstić information content (AvgIpc) is 2.33. The second-order valence-corrected chi connectivity index (χ2v) is 5.95. The Labute approximate surface area is 113 Å². The lowest BCUT2D eigenvalue weighted by Gasteiger charge is -2.42. The monoisotopic (exact) mass is 269 g/mol. The quantitative estimate of drug-likeness (QED) is 0.896. The highest BCUT2D eigenvalue weighted by Gasteiger charge is 2.34. The first-order chi connectivity index (χ1) is 8.44. The number of nitrogens with zero attached hydrogens (tertiary/aromatic N) is 1. The van der Waals surface area contributed by atoms with Crippen LogP contribution < -0.4 is 9.64 Å². The molecule has 4 heteroatoms. The third kappa shape index (κ3) is 2.57. The van der Waals surface area contributed by atoms with Crippen LogP contribution in [0.4, 0.5) is 5.69 Å². The van der Waals surface area contributed by atoms with Crippen LogP contribution in [-0.2, 0) is 0 Å². The Bertz CT molecular complexity index is 434. The maximum absolute atomic E-state index is 10.2. The largest absolute Gasteiger partial charge is 0.495 e. The molecule has 0 amide bonds. The van der Waals surface area contributed by atoms with Gasteiger partial charge < -0.3 is 14.7 Å². The van der Waals surface area contributed by atoms with Crippen molar-refractivity contribution in [3.63, 3.8) is 0 Å². The second kappa shape index (κ2) is 4.98. The summed E-state index contributed by atoms with van der Waals surface area (Å²) < 4.78 is 5.36. The van der Waals surface area contributed by atoms with Crippen LogP contribution in [-0.4, -0.2) is 31.4 Å². The van der Waals surface area contributed by atoms with Crippen molar-refractivity contribution in [2.75, 3.05) is 25.1 Å². The fraction of sp³-hybridized carbons (Fsp3) is 0.571. The van der Waals surface area contributed by atoms with E-state index in [2.05, 4.69) is 18.7 Å². The van der Waals surface area contributed by atoms with Gasteiger partial charge in [0.15, 0.2) is 0 Å². The zero-order valence-corrected chi connectivity index (χ0v) is 11.9. The Balaban J connectivity index is 2.25. The van der Waals surface area contributed by atoms with Gasteiger partial charge in [-0.3, -0.25) is 0 Å². The third-order valence-corrected chi connectivity index (χ3v) is 4.04. The summed E-state index contributed by atoms with van der Waals surface area (Å²) in [6, 6.07) is 5.57. The molecule has 0 bridgehead atoms. The van der Waals surface area contributed by atoms with Gasteiger partial charge in [-0.05, 0) is 30.0 Å². The molecule has 1 saturated heterocycles. The molecule has 1 heterocycles. The molecule has 1 aromatic rings. The summed E-state index contributed by atoms with van der Waals surface area (Å²) in [6.45, 7) is 5.72. The van der Waals surface area contributed by atoms with Crippen molar-refractivity contribution in [3.8, 4) is 5.75 Å². The Morgan fingerprint density at radius 3 is 2.78 bits per heavy atom. The molecule has 3 nitrogen and oxygen atoms in total. The molecule has 2 rings (SSSR count). The van der Waals surface area contributed by atoms with Crippen molar-refractivity contribution < 1.29 is 9.84 Å². The summed E-state index contributed by atoms with van der Waals surface area (Å²) in [7, 11) is 1.65. The molecule has 0 radical (unpaired) electrons. The number of aliphatic hydroxyl groups excluding tert-OH is 1. The van der Waals surface area contributed by atoms with E-state index in [-0.39, 0.29) is 11.5 Å². The van der Waals surface area contributed by atoms with Gasteiger partial charge in [-0.2, -0.15) is 0 Å². The molecule has 100 valence electrons. The molecule has 1 aromatic carbocycles. The molecule has 0 aliphatic carbocycles. The van der Waals surface area contributed by atoms with Gasteiger partial charge in [-0.1, -0.05) is 25.4 Å². The summed E-state index contributed by atoms with van der Waals surface area (Å²) in [5.74, 6) is 0.798. The topological polar surface area (TPSA) is 32.7 Å². The van der Waals surface area contributed by atoms with E-state index < -0.39 is 0 Å². The van der Waals surface area contributed by atoms with Crippen LogP contribution in [0.5, 0.6) is 5.75 Å². The van der Waals surface area contributed by atoms with Crippen LogP contribution >= 0.6 is 11.6 Å². The minimum Gasteiger partial charge on any atom is -0.495 e. The molecule has 1 unspecified atom stereocenters. The fourth-order valence-electron chi connectivity index (χ4n) is 2.27. The maximum atomic E-state index is 10.2. The van der Waals surface area contributed by atoms with Gasteiger partial charge in [0.05, 0.1) is 18.9 Å². The normalized spacial score (nSPS) is 22.9. The highest BCUT2D eigenvalue weighted by Crippen LogP contribution is 2.37. The second-order valence-electron chi connectivity index (χ2n) is 5.52. The summed E-state index contributed by atoms with van der Waals surface area (Å²) >= 11 is 6.04. The lowest BCUT2D eigenvalue weighted by Crippen LogP contribution is -2.48. The number of β-amino-alcohol motifs (C(OH)–C–C–N with tert-alkyl or cyclic N) is 1. The van der Waals surface area contributed by atoms with E-state index in [1.54, 1.807) is 7.11 Å². The van der Waals surface area contributed by atoms with Crippen molar-refractivity contribution in [2.45, 2.75) is 26.4 Å². The van der Waals surface area contributed by atoms with E-state index in [0.29, 0.717) is 11.6 Å². The molecule has 0 saturated carbocycles. The maximum Gasteiger partial charge on any atom is 0.142 e. The smallest absolute Gasteiger partial charge is 0.142 e. The van der Waals surface area contributed by atoms with Crippen LogP contribution in [0.2, 0.25) is 5.02 Å². The Morgan fingerprint density at radius 1 is 1.44 bits per heavy atom. The number of rotatable bonds is 2. The number of hydrogen-bond acceptors (Lipinski definition) is 3. The Morgan fingerprint density at radius 2 is 2.17 bits per heavy atom. The van der Waals surface area contributed by atoms with Crippen molar-refractivity contribution in [1.82, 2.24) is 0 Å². The van der Waals surface area contributed by atoms with E-state index in [0.717, 1.165) is 24.4 Å². The van der Waals surface area contributed by atoms with E-state index in [1.165, 1.54) is 0 Å². The lowest BCUT2D eigenvalue weighted by molar-refractivity contribution is 0.0350. The zero-order valence-electron chi connectivity index (χ0n) is 11.1.